The first-order chi connectivity index (χ1) is 10.9. The molecule has 0 amide bonds. The fraction of sp³-hybridized carbons (Fsp3) is 0.231. The summed E-state index contributed by atoms with van der Waals surface area (Å²) in [6, 6.07) is 3.25. The first kappa shape index (κ1) is 15.4. The van der Waals surface area contributed by atoms with Gasteiger partial charge in [-0.05, 0) is 12.1 Å². The third kappa shape index (κ3) is 3.02. The quantitative estimate of drug-likeness (QED) is 0.797. The van der Waals surface area contributed by atoms with Gasteiger partial charge in [0.2, 0.25) is 5.88 Å². The Hall–Kier alpha value is -2.49. The number of esters is 1. The lowest BCUT2D eigenvalue weighted by atomic mass is 10.3. The van der Waals surface area contributed by atoms with Crippen LogP contribution in [-0.4, -0.2) is 35.6 Å². The summed E-state index contributed by atoms with van der Waals surface area (Å²) in [5, 5.41) is 1.40. The van der Waals surface area contributed by atoms with E-state index in [0.717, 1.165) is 16.7 Å². The monoisotopic (exact) mass is 346 g/mol. The number of cyclic esters (lactones) is 1. The zero-order valence-electron chi connectivity index (χ0n) is 11.6. The van der Waals surface area contributed by atoms with Crippen molar-refractivity contribution in [2.45, 2.75) is 6.36 Å². The Labute approximate surface area is 131 Å². The van der Waals surface area contributed by atoms with Crippen molar-refractivity contribution >= 4 is 23.0 Å². The van der Waals surface area contributed by atoms with Gasteiger partial charge in [-0.3, -0.25) is 0 Å². The summed E-state index contributed by atoms with van der Waals surface area (Å²) in [6.07, 6.45) is -3.24. The summed E-state index contributed by atoms with van der Waals surface area (Å²) in [6.45, 7) is 0.00257. The van der Waals surface area contributed by atoms with Crippen molar-refractivity contribution in [2.75, 3.05) is 13.7 Å². The van der Waals surface area contributed by atoms with Crippen molar-refractivity contribution < 1.29 is 32.2 Å². The number of hydrogen-bond donors (Lipinski definition) is 0. The standard InChI is InChI=1S/C13H9F3N2O4S/c1-20-8-5-21-12(19)10(8)18-4-2-3-7(18)11-17-9(6-23-11)22-13(14,15)16/h2-4,6H,5H2,1H3. The van der Waals surface area contributed by atoms with Gasteiger partial charge in [0.25, 0.3) is 0 Å². The molecule has 122 valence electrons. The van der Waals surface area contributed by atoms with Crippen molar-refractivity contribution in [1.29, 1.82) is 0 Å². The van der Waals surface area contributed by atoms with Crippen LogP contribution in [0.5, 0.6) is 5.88 Å². The zero-order valence-corrected chi connectivity index (χ0v) is 12.4. The van der Waals surface area contributed by atoms with Crippen LogP contribution in [0.25, 0.3) is 16.4 Å². The van der Waals surface area contributed by atoms with Crippen LogP contribution in [0.15, 0.2) is 29.5 Å². The van der Waals surface area contributed by atoms with Gasteiger partial charge in [-0.25, -0.2) is 4.79 Å². The molecule has 3 rings (SSSR count). The molecule has 3 heterocycles. The molecule has 1 aliphatic heterocycles. The zero-order chi connectivity index (χ0) is 16.6. The maximum atomic E-state index is 12.2. The molecule has 0 spiro atoms. The maximum Gasteiger partial charge on any atom is 0.574 e. The van der Waals surface area contributed by atoms with Gasteiger partial charge in [-0.2, -0.15) is 4.98 Å². The Kier molecular flexibility index (Phi) is 3.76. The molecule has 0 unspecified atom stereocenters. The number of halogens is 3. The van der Waals surface area contributed by atoms with Gasteiger partial charge in [-0.15, -0.1) is 24.5 Å². The maximum absolute atomic E-state index is 12.2. The SMILES string of the molecule is COC1=C(n2cccc2-c2nc(OC(F)(F)F)cs2)C(=O)OC1. The normalized spacial score (nSPS) is 15.0. The molecule has 0 fully saturated rings. The predicted molar refractivity (Wildman–Crippen MR) is 73.4 cm³/mol. The molecule has 2 aromatic rings. The first-order valence-corrected chi connectivity index (χ1v) is 7.10. The van der Waals surface area contributed by atoms with E-state index in [1.54, 1.807) is 18.3 Å². The fourth-order valence-electron chi connectivity index (χ4n) is 2.06. The smallest absolute Gasteiger partial charge is 0.495 e. The lowest BCUT2D eigenvalue weighted by Crippen LogP contribution is -2.17. The van der Waals surface area contributed by atoms with Crippen molar-refractivity contribution in [3.63, 3.8) is 0 Å². The molecule has 2 aromatic heterocycles. The molecule has 0 N–H and O–H groups in total. The Morgan fingerprint density at radius 2 is 2.22 bits per heavy atom. The van der Waals surface area contributed by atoms with Gasteiger partial charge in [0.1, 0.15) is 5.01 Å². The van der Waals surface area contributed by atoms with Crippen LogP contribution < -0.4 is 4.74 Å². The van der Waals surface area contributed by atoms with Crippen LogP contribution in [0.4, 0.5) is 13.2 Å². The lowest BCUT2D eigenvalue weighted by molar-refractivity contribution is -0.275. The van der Waals surface area contributed by atoms with Gasteiger partial charge in [0.05, 0.1) is 18.2 Å². The minimum Gasteiger partial charge on any atom is -0.495 e. The van der Waals surface area contributed by atoms with E-state index in [0.29, 0.717) is 11.5 Å². The van der Waals surface area contributed by atoms with Gasteiger partial charge in [0.15, 0.2) is 18.1 Å². The van der Waals surface area contributed by atoms with Crippen LogP contribution in [-0.2, 0) is 14.3 Å². The molecule has 6 nitrogen and oxygen atoms in total. The van der Waals surface area contributed by atoms with E-state index < -0.39 is 18.2 Å². The van der Waals surface area contributed by atoms with Crippen LogP contribution >= 0.6 is 11.3 Å². The van der Waals surface area contributed by atoms with Crippen molar-refractivity contribution in [2.24, 2.45) is 0 Å². The number of thiazole rings is 1. The number of ether oxygens (including phenoxy) is 3. The predicted octanol–water partition coefficient (Wildman–Crippen LogP) is 2.88. The minimum absolute atomic E-state index is 0.00257. The summed E-state index contributed by atoms with van der Waals surface area (Å²) in [5.41, 5.74) is 0.594. The Balaban J connectivity index is 1.98. The van der Waals surface area contributed by atoms with E-state index in [1.165, 1.54) is 11.7 Å². The second kappa shape index (κ2) is 5.61. The van der Waals surface area contributed by atoms with Crippen molar-refractivity contribution in [1.82, 2.24) is 9.55 Å². The average molecular weight is 346 g/mol. The highest BCUT2D eigenvalue weighted by Crippen LogP contribution is 2.33. The number of alkyl halides is 3. The van der Waals surface area contributed by atoms with E-state index in [1.807, 2.05) is 0 Å². The lowest BCUT2D eigenvalue weighted by Gasteiger charge is -2.07. The highest BCUT2D eigenvalue weighted by Gasteiger charge is 2.33. The Morgan fingerprint density at radius 3 is 2.91 bits per heavy atom. The van der Waals surface area contributed by atoms with Gasteiger partial charge in [0, 0.05) is 6.20 Å². The summed E-state index contributed by atoms with van der Waals surface area (Å²) >= 11 is 0.959. The molecule has 0 aromatic carbocycles. The summed E-state index contributed by atoms with van der Waals surface area (Å²) in [7, 11) is 1.40. The van der Waals surface area contributed by atoms with Crippen molar-refractivity contribution in [3.05, 3.63) is 29.5 Å². The highest BCUT2D eigenvalue weighted by atomic mass is 32.1. The average Bonchev–Trinajstić information content (AvgIpc) is 3.15. The van der Waals surface area contributed by atoms with Crippen LogP contribution in [0.2, 0.25) is 0 Å². The summed E-state index contributed by atoms with van der Waals surface area (Å²) in [4.78, 5) is 15.6. The number of hydrogen-bond acceptors (Lipinski definition) is 6. The third-order valence-electron chi connectivity index (χ3n) is 2.95. The van der Waals surface area contributed by atoms with E-state index in [-0.39, 0.29) is 17.3 Å². The fourth-order valence-corrected chi connectivity index (χ4v) is 2.81. The van der Waals surface area contributed by atoms with E-state index in [4.69, 9.17) is 9.47 Å². The molecule has 0 radical (unpaired) electrons. The molecule has 0 saturated carbocycles. The molecular formula is C13H9F3N2O4S. The van der Waals surface area contributed by atoms with Gasteiger partial charge < -0.3 is 18.8 Å². The molecule has 1 aliphatic rings. The number of nitrogens with zero attached hydrogens (tertiary/aromatic N) is 2. The second-order valence-electron chi connectivity index (χ2n) is 4.35. The molecule has 0 saturated heterocycles. The van der Waals surface area contributed by atoms with Crippen LogP contribution in [0.3, 0.4) is 0 Å². The highest BCUT2D eigenvalue weighted by molar-refractivity contribution is 7.13. The van der Waals surface area contributed by atoms with E-state index in [2.05, 4.69) is 9.72 Å². The number of carbonyl (C=O) groups excluding carboxylic acids is 1. The topological polar surface area (TPSA) is 62.6 Å². The summed E-state index contributed by atoms with van der Waals surface area (Å²) in [5.74, 6) is -0.807. The Morgan fingerprint density at radius 1 is 1.43 bits per heavy atom. The van der Waals surface area contributed by atoms with Crippen LogP contribution in [0, 0.1) is 0 Å². The van der Waals surface area contributed by atoms with Gasteiger partial charge >= 0.3 is 12.3 Å². The number of rotatable bonds is 4. The summed E-state index contributed by atoms with van der Waals surface area (Å²) < 4.78 is 51.9. The van der Waals surface area contributed by atoms with E-state index in [9.17, 15) is 18.0 Å². The number of methoxy groups -OCH3 is 1. The first-order valence-electron chi connectivity index (χ1n) is 6.22. The van der Waals surface area contributed by atoms with Gasteiger partial charge in [-0.1, -0.05) is 0 Å². The van der Waals surface area contributed by atoms with Crippen molar-refractivity contribution in [3.8, 4) is 16.6 Å². The molecule has 0 atom stereocenters. The second-order valence-corrected chi connectivity index (χ2v) is 5.21. The molecule has 0 aliphatic carbocycles. The molecule has 0 bridgehead atoms. The minimum atomic E-state index is -4.81. The molecule has 23 heavy (non-hydrogen) atoms. The van der Waals surface area contributed by atoms with Crippen LogP contribution in [0.1, 0.15) is 0 Å². The largest absolute Gasteiger partial charge is 0.574 e. The Bertz CT molecular complexity index is 778. The number of carbonyl (C=O) groups is 1. The number of aromatic nitrogens is 2. The molecule has 10 heteroatoms. The third-order valence-corrected chi connectivity index (χ3v) is 3.79. The van der Waals surface area contributed by atoms with E-state index >= 15 is 0 Å². The molecular weight excluding hydrogens is 337 g/mol.